The first-order chi connectivity index (χ1) is 13.9. The third-order valence-electron chi connectivity index (χ3n) is 5.87. The highest BCUT2D eigenvalue weighted by molar-refractivity contribution is 7.89. The van der Waals surface area contributed by atoms with Crippen LogP contribution in [0.2, 0.25) is 0 Å². The van der Waals surface area contributed by atoms with Gasteiger partial charge in [-0.2, -0.15) is 4.31 Å². The van der Waals surface area contributed by atoms with Crippen molar-refractivity contribution >= 4 is 15.9 Å². The van der Waals surface area contributed by atoms with Crippen LogP contribution in [-0.4, -0.2) is 76.0 Å². The van der Waals surface area contributed by atoms with Gasteiger partial charge >= 0.3 is 0 Å². The van der Waals surface area contributed by atoms with Crippen LogP contribution in [0, 0.1) is 12.8 Å². The number of sulfonamides is 1. The van der Waals surface area contributed by atoms with Crippen molar-refractivity contribution < 1.29 is 17.9 Å². The number of rotatable bonds is 8. The summed E-state index contributed by atoms with van der Waals surface area (Å²) < 4.78 is 32.4. The van der Waals surface area contributed by atoms with Gasteiger partial charge in [-0.1, -0.05) is 17.7 Å². The SMILES string of the molecule is Cc1ccc(S(=O)(=O)N2CCC(CCC(=O)NCCN3CCOCC3)CC2)cc1. The Morgan fingerprint density at radius 1 is 1.10 bits per heavy atom. The maximum atomic E-state index is 12.8. The lowest BCUT2D eigenvalue weighted by molar-refractivity contribution is -0.121. The first kappa shape index (κ1) is 22.2. The van der Waals surface area contributed by atoms with E-state index in [0.717, 1.165) is 57.7 Å². The van der Waals surface area contributed by atoms with Gasteiger partial charge in [-0.15, -0.1) is 0 Å². The van der Waals surface area contributed by atoms with Crippen molar-refractivity contribution in [3.8, 4) is 0 Å². The third-order valence-corrected chi connectivity index (χ3v) is 7.78. The largest absolute Gasteiger partial charge is 0.379 e. The average molecular weight is 424 g/mol. The molecule has 2 aliphatic rings. The quantitative estimate of drug-likeness (QED) is 0.688. The summed E-state index contributed by atoms with van der Waals surface area (Å²) in [5.41, 5.74) is 1.05. The smallest absolute Gasteiger partial charge is 0.243 e. The van der Waals surface area contributed by atoms with Gasteiger partial charge in [0.25, 0.3) is 0 Å². The van der Waals surface area contributed by atoms with E-state index in [0.29, 0.717) is 36.9 Å². The topological polar surface area (TPSA) is 79.0 Å². The maximum absolute atomic E-state index is 12.8. The summed E-state index contributed by atoms with van der Waals surface area (Å²) in [6.45, 7) is 7.94. The van der Waals surface area contributed by atoms with E-state index in [-0.39, 0.29) is 5.91 Å². The highest BCUT2D eigenvalue weighted by Crippen LogP contribution is 2.26. The van der Waals surface area contributed by atoms with Gasteiger partial charge in [-0.3, -0.25) is 9.69 Å². The zero-order valence-electron chi connectivity index (χ0n) is 17.3. The van der Waals surface area contributed by atoms with E-state index in [9.17, 15) is 13.2 Å². The number of nitrogens with zero attached hydrogens (tertiary/aromatic N) is 2. The fraction of sp³-hybridized carbons (Fsp3) is 0.667. The van der Waals surface area contributed by atoms with E-state index >= 15 is 0 Å². The average Bonchev–Trinajstić information content (AvgIpc) is 2.74. The summed E-state index contributed by atoms with van der Waals surface area (Å²) in [6, 6.07) is 7.02. The fourth-order valence-corrected chi connectivity index (χ4v) is 5.37. The molecule has 1 N–H and O–H groups in total. The molecule has 0 spiro atoms. The summed E-state index contributed by atoms with van der Waals surface area (Å²) in [5.74, 6) is 0.498. The van der Waals surface area contributed by atoms with Crippen molar-refractivity contribution in [2.75, 3.05) is 52.5 Å². The molecular formula is C21H33N3O4S. The van der Waals surface area contributed by atoms with Crippen molar-refractivity contribution in [2.24, 2.45) is 5.92 Å². The van der Waals surface area contributed by atoms with Gasteiger partial charge in [-0.05, 0) is 44.2 Å². The summed E-state index contributed by atoms with van der Waals surface area (Å²) >= 11 is 0. The summed E-state index contributed by atoms with van der Waals surface area (Å²) in [4.78, 5) is 14.8. The maximum Gasteiger partial charge on any atom is 0.243 e. The summed E-state index contributed by atoms with van der Waals surface area (Å²) in [6.07, 6.45) is 2.96. The number of piperidine rings is 1. The normalized spacial score (nSPS) is 19.9. The molecule has 0 unspecified atom stereocenters. The zero-order valence-corrected chi connectivity index (χ0v) is 18.1. The molecule has 0 saturated carbocycles. The Labute approximate surface area is 174 Å². The number of carbonyl (C=O) groups is 1. The third kappa shape index (κ3) is 6.50. The zero-order chi connectivity index (χ0) is 20.7. The summed E-state index contributed by atoms with van der Waals surface area (Å²) in [5, 5.41) is 3.00. The monoisotopic (exact) mass is 423 g/mol. The minimum atomic E-state index is -3.42. The second-order valence-electron chi connectivity index (χ2n) is 8.00. The van der Waals surface area contributed by atoms with Gasteiger partial charge in [0, 0.05) is 45.7 Å². The van der Waals surface area contributed by atoms with Crippen LogP contribution in [0.5, 0.6) is 0 Å². The molecule has 0 atom stereocenters. The minimum absolute atomic E-state index is 0.0907. The molecule has 0 aromatic heterocycles. The number of nitrogens with one attached hydrogen (secondary N) is 1. The van der Waals surface area contributed by atoms with E-state index in [2.05, 4.69) is 10.2 Å². The fourth-order valence-electron chi connectivity index (χ4n) is 3.90. The molecule has 2 aliphatic heterocycles. The molecule has 3 rings (SSSR count). The van der Waals surface area contributed by atoms with Crippen LogP contribution in [0.25, 0.3) is 0 Å². The van der Waals surface area contributed by atoms with Crippen LogP contribution in [0.15, 0.2) is 29.2 Å². The van der Waals surface area contributed by atoms with Crippen molar-refractivity contribution in [2.45, 2.75) is 37.5 Å². The Bertz CT molecular complexity index is 753. The van der Waals surface area contributed by atoms with Crippen LogP contribution in [0.1, 0.15) is 31.2 Å². The molecule has 1 aromatic rings. The lowest BCUT2D eigenvalue weighted by atomic mass is 9.93. The molecule has 1 aromatic carbocycles. The van der Waals surface area contributed by atoms with E-state index in [1.807, 2.05) is 19.1 Å². The van der Waals surface area contributed by atoms with Crippen molar-refractivity contribution in [1.29, 1.82) is 0 Å². The molecular weight excluding hydrogens is 390 g/mol. The predicted octanol–water partition coefficient (Wildman–Crippen LogP) is 1.62. The predicted molar refractivity (Wildman–Crippen MR) is 112 cm³/mol. The molecule has 29 heavy (non-hydrogen) atoms. The van der Waals surface area contributed by atoms with E-state index in [4.69, 9.17) is 4.74 Å². The number of aryl methyl sites for hydroxylation is 1. The van der Waals surface area contributed by atoms with Crippen LogP contribution < -0.4 is 5.32 Å². The van der Waals surface area contributed by atoms with Crippen molar-refractivity contribution in [1.82, 2.24) is 14.5 Å². The highest BCUT2D eigenvalue weighted by Gasteiger charge is 2.29. The number of hydrogen-bond donors (Lipinski definition) is 1. The van der Waals surface area contributed by atoms with Crippen LogP contribution in [0.3, 0.4) is 0 Å². The Morgan fingerprint density at radius 3 is 2.41 bits per heavy atom. The lowest BCUT2D eigenvalue weighted by Gasteiger charge is -2.31. The van der Waals surface area contributed by atoms with Crippen LogP contribution >= 0.6 is 0 Å². The number of morpholine rings is 1. The van der Waals surface area contributed by atoms with Crippen LogP contribution in [0.4, 0.5) is 0 Å². The van der Waals surface area contributed by atoms with Gasteiger partial charge in [-0.25, -0.2) is 8.42 Å². The minimum Gasteiger partial charge on any atom is -0.379 e. The second-order valence-corrected chi connectivity index (χ2v) is 9.94. The number of hydrogen-bond acceptors (Lipinski definition) is 5. The van der Waals surface area contributed by atoms with Gasteiger partial charge < -0.3 is 10.1 Å². The Hall–Kier alpha value is -1.48. The van der Waals surface area contributed by atoms with Crippen molar-refractivity contribution in [3.63, 3.8) is 0 Å². The molecule has 0 bridgehead atoms. The molecule has 2 saturated heterocycles. The number of carbonyl (C=O) groups excluding carboxylic acids is 1. The van der Waals surface area contributed by atoms with Gasteiger partial charge in [0.15, 0.2) is 0 Å². The molecule has 2 heterocycles. The number of ether oxygens (including phenoxy) is 1. The molecule has 0 aliphatic carbocycles. The summed E-state index contributed by atoms with van der Waals surface area (Å²) in [7, 11) is -3.42. The molecule has 8 heteroatoms. The van der Waals surface area contributed by atoms with Gasteiger partial charge in [0.2, 0.25) is 15.9 Å². The Kier molecular flexibility index (Phi) is 8.06. The van der Waals surface area contributed by atoms with E-state index in [1.165, 1.54) is 0 Å². The molecule has 2 fully saturated rings. The first-order valence-corrected chi connectivity index (χ1v) is 12.0. The van der Waals surface area contributed by atoms with Crippen molar-refractivity contribution in [3.05, 3.63) is 29.8 Å². The highest BCUT2D eigenvalue weighted by atomic mass is 32.2. The van der Waals surface area contributed by atoms with E-state index in [1.54, 1.807) is 16.4 Å². The van der Waals surface area contributed by atoms with Gasteiger partial charge in [0.05, 0.1) is 18.1 Å². The lowest BCUT2D eigenvalue weighted by Crippen LogP contribution is -2.41. The molecule has 7 nitrogen and oxygen atoms in total. The second kappa shape index (κ2) is 10.5. The molecule has 162 valence electrons. The number of benzene rings is 1. The number of amides is 1. The standard InChI is InChI=1S/C21H33N3O4S/c1-18-2-5-20(6-3-18)29(26,27)24-11-8-19(9-12-24)4-7-21(25)22-10-13-23-14-16-28-17-15-23/h2-3,5-6,19H,4,7-17H2,1H3,(H,22,25). The van der Waals surface area contributed by atoms with Crippen LogP contribution in [-0.2, 0) is 19.6 Å². The Balaban J connectivity index is 1.35. The first-order valence-electron chi connectivity index (χ1n) is 10.6. The Morgan fingerprint density at radius 2 is 1.76 bits per heavy atom. The van der Waals surface area contributed by atoms with Gasteiger partial charge in [0.1, 0.15) is 0 Å². The van der Waals surface area contributed by atoms with E-state index < -0.39 is 10.0 Å². The molecule has 0 radical (unpaired) electrons. The molecule has 1 amide bonds.